The predicted molar refractivity (Wildman–Crippen MR) is 287 cm³/mol. The van der Waals surface area contributed by atoms with Gasteiger partial charge in [0.05, 0.1) is 0 Å². The van der Waals surface area contributed by atoms with E-state index in [4.69, 9.17) is 0 Å². The molecule has 4 aliphatic carbocycles. The van der Waals surface area contributed by atoms with Crippen LogP contribution in [-0.2, 0) is 17.3 Å². The molecule has 3 aliphatic heterocycles. The highest BCUT2D eigenvalue weighted by Crippen LogP contribution is 2.76. The Bertz CT molecular complexity index is 3270. The number of rotatable bonds is 6. The quantitative estimate of drug-likeness (QED) is 0.0934. The molecular weight excluding hydrogens is 825 g/mol. The van der Waals surface area contributed by atoms with Gasteiger partial charge in [-0.2, -0.15) is 0 Å². The van der Waals surface area contributed by atoms with Gasteiger partial charge in [0.2, 0.25) is 0 Å². The number of benzene rings is 6. The number of fused-ring (bicyclic) bond motifs is 10. The summed E-state index contributed by atoms with van der Waals surface area (Å²) < 4.78 is 0. The number of para-hydroxylation sites is 2. The van der Waals surface area contributed by atoms with E-state index in [-0.39, 0.29) is 10.8 Å². The van der Waals surface area contributed by atoms with Crippen LogP contribution in [0, 0.1) is 5.92 Å². The van der Waals surface area contributed by atoms with E-state index < -0.39 is 8.07 Å². The van der Waals surface area contributed by atoms with Crippen molar-refractivity contribution in [3.63, 3.8) is 0 Å². The Morgan fingerprint density at radius 2 is 1.19 bits per heavy atom. The second-order valence-electron chi connectivity index (χ2n) is 21.6. The summed E-state index contributed by atoms with van der Waals surface area (Å²) in [5.41, 5.74) is 22.6. The van der Waals surface area contributed by atoms with Crippen LogP contribution < -0.4 is 15.0 Å². The monoisotopic (exact) mass is 884 g/mol. The third-order valence-corrected chi connectivity index (χ3v) is 24.1. The minimum absolute atomic E-state index is 0.120. The van der Waals surface area contributed by atoms with Crippen molar-refractivity contribution in [2.75, 3.05) is 9.80 Å². The standard InChI is InChI=1S/C64H60N2Si/c1-7-8-17-45-27-28-46-18-9-10-20-58(46)65(42(45)2)47-29-33-51-49-31-25-43(38-54(49)62(3,4)56(51)40-47)23-24-44-26-32-50-52-34-30-48(41-57(52)63(5,6)55(50)39-44)66-59-21-11-12-22-60(59)67(36-15-16-37-67)64-35-14-13-19-53(64)61(64)66/h7-14,17-26,29-35,38-41,53,61H,1,15-16,27-28,36-37H2,2-6H3/b17-8-,24-23+/t53?,61?,64-/m1/s1. The molecule has 2 unspecified atom stereocenters. The zero-order valence-corrected chi connectivity index (χ0v) is 40.7. The summed E-state index contributed by atoms with van der Waals surface area (Å²) in [5.74, 6) is 0.608. The van der Waals surface area contributed by atoms with Crippen molar-refractivity contribution in [1.29, 1.82) is 0 Å². The van der Waals surface area contributed by atoms with E-state index >= 15 is 0 Å². The molecule has 6 aromatic rings. The molecule has 1 saturated heterocycles. The summed E-state index contributed by atoms with van der Waals surface area (Å²) in [7, 11) is -1.71. The van der Waals surface area contributed by atoms with Gasteiger partial charge in [-0.3, -0.25) is 0 Å². The molecule has 1 saturated carbocycles. The van der Waals surface area contributed by atoms with Crippen LogP contribution >= 0.6 is 0 Å². The maximum Gasteiger partial charge on any atom is 0.102 e. The van der Waals surface area contributed by atoms with Crippen molar-refractivity contribution in [3.05, 3.63) is 221 Å². The lowest BCUT2D eigenvalue weighted by atomic mass is 9.81. The Kier molecular flexibility index (Phi) is 8.86. The number of aryl methyl sites for hydroxylation is 1. The van der Waals surface area contributed by atoms with Crippen LogP contribution in [0.15, 0.2) is 182 Å². The molecule has 3 heterocycles. The number of nitrogens with zero attached hydrogens (tertiary/aromatic N) is 2. The molecule has 7 aliphatic rings. The van der Waals surface area contributed by atoms with Gasteiger partial charge in [0, 0.05) is 56.3 Å². The maximum atomic E-state index is 3.95. The van der Waals surface area contributed by atoms with Gasteiger partial charge in [-0.05, 0) is 128 Å². The first-order valence-corrected chi connectivity index (χ1v) is 27.4. The van der Waals surface area contributed by atoms with Crippen LogP contribution in [0.5, 0.6) is 0 Å². The fourth-order valence-electron chi connectivity index (χ4n) is 14.5. The fraction of sp³-hybridized carbons (Fsp3) is 0.250. The summed E-state index contributed by atoms with van der Waals surface area (Å²) in [6, 6.07) is 50.8. The van der Waals surface area contributed by atoms with Crippen molar-refractivity contribution in [3.8, 4) is 22.3 Å². The number of allylic oxidation sites excluding steroid dienone is 7. The molecule has 2 fully saturated rings. The largest absolute Gasteiger partial charge is 0.337 e. The smallest absolute Gasteiger partial charge is 0.102 e. The fourth-order valence-corrected chi connectivity index (χ4v) is 21.5. The van der Waals surface area contributed by atoms with E-state index in [1.165, 1.54) is 120 Å². The molecule has 3 atom stereocenters. The first-order chi connectivity index (χ1) is 32.6. The van der Waals surface area contributed by atoms with Crippen molar-refractivity contribution in [2.24, 2.45) is 5.92 Å². The predicted octanol–water partition coefficient (Wildman–Crippen LogP) is 16.0. The zero-order chi connectivity index (χ0) is 45.5. The third kappa shape index (κ3) is 5.61. The Balaban J connectivity index is 0.799. The molecule has 0 aromatic heterocycles. The second kappa shape index (κ2) is 14.5. The molecule has 2 nitrogen and oxygen atoms in total. The van der Waals surface area contributed by atoms with Crippen molar-refractivity contribution >= 4 is 48.2 Å². The maximum absolute atomic E-state index is 3.95. The summed E-state index contributed by atoms with van der Waals surface area (Å²) in [4.78, 5) is 5.27. The highest BCUT2D eigenvalue weighted by atomic mass is 28.3. The summed E-state index contributed by atoms with van der Waals surface area (Å²) in [5, 5.41) is 2.03. The van der Waals surface area contributed by atoms with Gasteiger partial charge in [0.25, 0.3) is 0 Å². The molecule has 3 heteroatoms. The van der Waals surface area contributed by atoms with E-state index in [1.807, 2.05) is 6.08 Å². The van der Waals surface area contributed by atoms with Gasteiger partial charge in [0.1, 0.15) is 8.07 Å². The van der Waals surface area contributed by atoms with Crippen LogP contribution in [0.25, 0.3) is 34.4 Å². The summed E-state index contributed by atoms with van der Waals surface area (Å²) in [6.07, 6.45) is 25.6. The van der Waals surface area contributed by atoms with Crippen molar-refractivity contribution < 1.29 is 0 Å². The third-order valence-electron chi connectivity index (χ3n) is 17.8. The molecule has 0 radical (unpaired) electrons. The Labute approximate surface area is 399 Å². The normalized spacial score (nSPS) is 23.7. The highest BCUT2D eigenvalue weighted by Gasteiger charge is 2.78. The molecule has 6 aromatic carbocycles. The van der Waals surface area contributed by atoms with Gasteiger partial charge in [-0.25, -0.2) is 0 Å². The van der Waals surface area contributed by atoms with Crippen LogP contribution in [0.1, 0.15) is 92.8 Å². The SMILES string of the molecule is C=C/C=C\C1=C(C)N(c2ccc3c(c2)C(C)(C)c2cc(/C=C/c4ccc5c(c4)C(C)(C)c4cc(N6c7ccccc7[Si]7(CCCC7)[C@]78C=CC=CC7C68)ccc4-5)ccc2-3)c2ccccc2CC1. The Morgan fingerprint density at radius 3 is 1.87 bits per heavy atom. The lowest BCUT2D eigenvalue weighted by molar-refractivity contribution is 0.659. The van der Waals surface area contributed by atoms with Gasteiger partial charge in [-0.1, -0.05) is 199 Å². The first kappa shape index (κ1) is 40.8. The highest BCUT2D eigenvalue weighted by molar-refractivity contribution is 6.97. The van der Waals surface area contributed by atoms with Gasteiger partial charge in [-0.15, -0.1) is 0 Å². The lowest BCUT2D eigenvalue weighted by Gasteiger charge is -2.46. The van der Waals surface area contributed by atoms with E-state index in [0.717, 1.165) is 12.8 Å². The van der Waals surface area contributed by atoms with Crippen LogP contribution in [0.4, 0.5) is 22.7 Å². The molecular formula is C64H60N2Si. The zero-order valence-electron chi connectivity index (χ0n) is 39.7. The van der Waals surface area contributed by atoms with E-state index in [9.17, 15) is 0 Å². The van der Waals surface area contributed by atoms with Gasteiger partial charge >= 0.3 is 0 Å². The Hall–Kier alpha value is -6.42. The van der Waals surface area contributed by atoms with Crippen molar-refractivity contribution in [2.45, 2.75) is 94.3 Å². The molecule has 2 spiro atoms. The minimum Gasteiger partial charge on any atom is -0.337 e. The van der Waals surface area contributed by atoms with E-state index in [0.29, 0.717) is 17.0 Å². The number of anilines is 4. The van der Waals surface area contributed by atoms with E-state index in [2.05, 4.69) is 221 Å². The average molecular weight is 885 g/mol. The molecule has 0 bridgehead atoms. The first-order valence-electron chi connectivity index (χ1n) is 25.0. The van der Waals surface area contributed by atoms with Gasteiger partial charge < -0.3 is 9.80 Å². The van der Waals surface area contributed by atoms with Gasteiger partial charge in [0.15, 0.2) is 0 Å². The van der Waals surface area contributed by atoms with Crippen LogP contribution in [0.3, 0.4) is 0 Å². The minimum atomic E-state index is -1.71. The van der Waals surface area contributed by atoms with E-state index in [1.54, 1.807) is 5.19 Å². The average Bonchev–Trinajstić information content (AvgIpc) is 3.60. The lowest BCUT2D eigenvalue weighted by Crippen LogP contribution is -2.57. The topological polar surface area (TPSA) is 6.48 Å². The Morgan fingerprint density at radius 1 is 0.612 bits per heavy atom. The molecule has 0 N–H and O–H groups in total. The summed E-state index contributed by atoms with van der Waals surface area (Å²) in [6.45, 7) is 15.9. The van der Waals surface area contributed by atoms with Crippen molar-refractivity contribution in [1.82, 2.24) is 0 Å². The van der Waals surface area contributed by atoms with Crippen LogP contribution in [-0.4, -0.2) is 14.1 Å². The molecule has 330 valence electrons. The molecule has 0 amide bonds. The van der Waals surface area contributed by atoms with Crippen LogP contribution in [0.2, 0.25) is 17.1 Å². The summed E-state index contributed by atoms with van der Waals surface area (Å²) >= 11 is 0. The second-order valence-corrected chi connectivity index (χ2v) is 26.2. The number of hydrogen-bond donors (Lipinski definition) is 0. The number of hydrogen-bond acceptors (Lipinski definition) is 2. The molecule has 67 heavy (non-hydrogen) atoms. The molecule has 13 rings (SSSR count).